The maximum absolute atomic E-state index is 13.8. The molecule has 108 valence electrons. The number of rotatable bonds is 6. The van der Waals surface area contributed by atoms with E-state index in [0.717, 1.165) is 6.07 Å². The summed E-state index contributed by atoms with van der Waals surface area (Å²) in [5.74, 6) is -0.888. The number of anilines is 1. The minimum Gasteiger partial charge on any atom is -0.399 e. The van der Waals surface area contributed by atoms with Crippen molar-refractivity contribution in [3.63, 3.8) is 0 Å². The number of benzene rings is 1. The Morgan fingerprint density at radius 3 is 2.68 bits per heavy atom. The Balaban J connectivity index is 3.13. The van der Waals surface area contributed by atoms with Crippen LogP contribution < -0.4 is 10.5 Å². The topological polar surface area (TPSA) is 92.4 Å². The molecule has 1 atom stereocenters. The molecule has 1 unspecified atom stereocenters. The molecule has 0 aliphatic carbocycles. The normalized spacial score (nSPS) is 13.5. The van der Waals surface area contributed by atoms with Gasteiger partial charge in [-0.3, -0.25) is 0 Å². The second-order valence-electron chi connectivity index (χ2n) is 4.05. The zero-order valence-corrected chi connectivity index (χ0v) is 12.8. The van der Waals surface area contributed by atoms with Crippen LogP contribution in [0.2, 0.25) is 0 Å². The highest BCUT2D eigenvalue weighted by molar-refractivity contribution is 9.10. The molecule has 19 heavy (non-hydrogen) atoms. The number of nitrogens with one attached hydrogen (secondary N) is 1. The summed E-state index contributed by atoms with van der Waals surface area (Å²) in [7, 11) is -4.02. The Morgan fingerprint density at radius 1 is 1.53 bits per heavy atom. The summed E-state index contributed by atoms with van der Waals surface area (Å²) in [4.78, 5) is -0.504. The maximum atomic E-state index is 13.8. The summed E-state index contributed by atoms with van der Waals surface area (Å²) in [5.41, 5.74) is 5.66. The number of hydrogen-bond donors (Lipinski definition) is 3. The van der Waals surface area contributed by atoms with Crippen molar-refractivity contribution in [2.45, 2.75) is 30.7 Å². The number of hydrogen-bond acceptors (Lipinski definition) is 4. The van der Waals surface area contributed by atoms with Gasteiger partial charge in [-0.1, -0.05) is 6.92 Å². The van der Waals surface area contributed by atoms with Crippen LogP contribution >= 0.6 is 15.9 Å². The molecule has 0 heterocycles. The lowest BCUT2D eigenvalue weighted by Crippen LogP contribution is -2.35. The van der Waals surface area contributed by atoms with Gasteiger partial charge in [0.1, 0.15) is 4.90 Å². The third-order valence-corrected chi connectivity index (χ3v) is 4.70. The first kappa shape index (κ1) is 16.4. The van der Waals surface area contributed by atoms with E-state index in [0.29, 0.717) is 6.42 Å². The summed E-state index contributed by atoms with van der Waals surface area (Å²) in [6.45, 7) is 1.62. The Kier molecular flexibility index (Phi) is 5.72. The molecular weight excluding hydrogens is 339 g/mol. The molecule has 0 spiro atoms. The predicted octanol–water partition coefficient (Wildman–Crippen LogP) is 1.61. The SMILES string of the molecule is CCC(CCO)NS(=O)(=O)c1cc(N)cc(Br)c1F. The molecule has 0 bridgehead atoms. The summed E-state index contributed by atoms with van der Waals surface area (Å²) in [6, 6.07) is 1.91. The van der Waals surface area contributed by atoms with E-state index < -0.39 is 26.8 Å². The molecule has 8 heteroatoms. The van der Waals surface area contributed by atoms with Crippen LogP contribution in [-0.2, 0) is 10.0 Å². The minimum atomic E-state index is -4.02. The highest BCUT2D eigenvalue weighted by atomic mass is 79.9. The molecule has 5 nitrogen and oxygen atoms in total. The van der Waals surface area contributed by atoms with Gasteiger partial charge in [-0.15, -0.1) is 0 Å². The number of aliphatic hydroxyl groups is 1. The first-order chi connectivity index (χ1) is 8.81. The van der Waals surface area contributed by atoms with Crippen molar-refractivity contribution < 1.29 is 17.9 Å². The van der Waals surface area contributed by atoms with Gasteiger partial charge < -0.3 is 10.8 Å². The van der Waals surface area contributed by atoms with Crippen molar-refractivity contribution in [2.75, 3.05) is 12.3 Å². The van der Waals surface area contributed by atoms with Gasteiger partial charge in [0.05, 0.1) is 4.47 Å². The molecule has 0 aliphatic rings. The molecule has 0 aliphatic heterocycles. The fraction of sp³-hybridized carbons (Fsp3) is 0.455. The van der Waals surface area contributed by atoms with Crippen LogP contribution in [0, 0.1) is 5.82 Å². The van der Waals surface area contributed by atoms with E-state index >= 15 is 0 Å². The Morgan fingerprint density at radius 2 is 2.16 bits per heavy atom. The number of sulfonamides is 1. The van der Waals surface area contributed by atoms with Crippen LogP contribution in [0.4, 0.5) is 10.1 Å². The Labute approximate surface area is 120 Å². The fourth-order valence-corrected chi connectivity index (χ4v) is 3.66. The van der Waals surface area contributed by atoms with Crippen LogP contribution in [-0.4, -0.2) is 26.2 Å². The summed E-state index contributed by atoms with van der Waals surface area (Å²) >= 11 is 2.92. The Hall–Kier alpha value is -0.700. The van der Waals surface area contributed by atoms with Crippen molar-refractivity contribution in [3.8, 4) is 0 Å². The fourth-order valence-electron chi connectivity index (χ4n) is 1.56. The minimum absolute atomic E-state index is 0.0110. The average molecular weight is 355 g/mol. The number of nitrogens with two attached hydrogens (primary N) is 1. The van der Waals surface area contributed by atoms with Gasteiger partial charge in [0.25, 0.3) is 0 Å². The number of aliphatic hydroxyl groups excluding tert-OH is 1. The van der Waals surface area contributed by atoms with Crippen LogP contribution in [0.1, 0.15) is 19.8 Å². The van der Waals surface area contributed by atoms with Gasteiger partial charge in [0.2, 0.25) is 10.0 Å². The second-order valence-corrected chi connectivity index (χ2v) is 6.59. The Bertz CT molecular complexity index is 551. The van der Waals surface area contributed by atoms with E-state index in [9.17, 15) is 12.8 Å². The maximum Gasteiger partial charge on any atom is 0.243 e. The van der Waals surface area contributed by atoms with Crippen molar-refractivity contribution in [2.24, 2.45) is 0 Å². The standard InChI is InChI=1S/C11H16BrFN2O3S/c1-2-8(3-4-16)15-19(17,18)10-6-7(14)5-9(12)11(10)13/h5-6,8,15-16H,2-4,14H2,1H3. The predicted molar refractivity (Wildman–Crippen MR) is 74.6 cm³/mol. The van der Waals surface area contributed by atoms with Gasteiger partial charge in [-0.2, -0.15) is 0 Å². The summed E-state index contributed by atoms with van der Waals surface area (Å²) < 4.78 is 40.4. The molecule has 0 radical (unpaired) electrons. The van der Waals surface area contributed by atoms with Gasteiger partial charge >= 0.3 is 0 Å². The molecule has 0 saturated carbocycles. The second kappa shape index (κ2) is 6.65. The van der Waals surface area contributed by atoms with Gasteiger partial charge in [0, 0.05) is 18.3 Å². The first-order valence-corrected chi connectivity index (χ1v) is 7.97. The van der Waals surface area contributed by atoms with E-state index in [4.69, 9.17) is 10.8 Å². The smallest absolute Gasteiger partial charge is 0.243 e. The third kappa shape index (κ3) is 4.13. The molecule has 1 rings (SSSR count). The van der Waals surface area contributed by atoms with E-state index in [1.54, 1.807) is 6.92 Å². The molecular formula is C11H16BrFN2O3S. The van der Waals surface area contributed by atoms with E-state index in [2.05, 4.69) is 20.7 Å². The monoisotopic (exact) mass is 354 g/mol. The molecule has 1 aromatic carbocycles. The zero-order valence-electron chi connectivity index (χ0n) is 10.4. The molecule has 4 N–H and O–H groups in total. The lowest BCUT2D eigenvalue weighted by molar-refractivity contribution is 0.270. The number of halogens is 2. The summed E-state index contributed by atoms with van der Waals surface area (Å²) in [5, 5.41) is 8.84. The van der Waals surface area contributed by atoms with Crippen LogP contribution in [0.3, 0.4) is 0 Å². The van der Waals surface area contributed by atoms with Crippen molar-refractivity contribution in [3.05, 3.63) is 22.4 Å². The third-order valence-electron chi connectivity index (χ3n) is 2.60. The highest BCUT2D eigenvalue weighted by Gasteiger charge is 2.24. The molecule has 0 fully saturated rings. The van der Waals surface area contributed by atoms with Crippen LogP contribution in [0.5, 0.6) is 0 Å². The van der Waals surface area contributed by atoms with E-state index in [1.807, 2.05) is 0 Å². The molecule has 0 saturated heterocycles. The zero-order chi connectivity index (χ0) is 14.6. The van der Waals surface area contributed by atoms with Crippen molar-refractivity contribution in [1.82, 2.24) is 4.72 Å². The number of nitrogen functional groups attached to an aromatic ring is 1. The van der Waals surface area contributed by atoms with Crippen LogP contribution in [0.25, 0.3) is 0 Å². The van der Waals surface area contributed by atoms with Crippen molar-refractivity contribution in [1.29, 1.82) is 0 Å². The lowest BCUT2D eigenvalue weighted by atomic mass is 10.2. The quantitative estimate of drug-likeness (QED) is 0.676. The largest absolute Gasteiger partial charge is 0.399 e. The molecule has 1 aromatic rings. The van der Waals surface area contributed by atoms with E-state index in [1.165, 1.54) is 6.07 Å². The van der Waals surface area contributed by atoms with Crippen molar-refractivity contribution >= 4 is 31.6 Å². The highest BCUT2D eigenvalue weighted by Crippen LogP contribution is 2.26. The van der Waals surface area contributed by atoms with Gasteiger partial charge in [-0.25, -0.2) is 17.5 Å². The van der Waals surface area contributed by atoms with E-state index in [-0.39, 0.29) is 23.2 Å². The molecule has 0 aromatic heterocycles. The first-order valence-electron chi connectivity index (χ1n) is 5.69. The van der Waals surface area contributed by atoms with Gasteiger partial charge in [-0.05, 0) is 40.9 Å². The van der Waals surface area contributed by atoms with Gasteiger partial charge in [0.15, 0.2) is 5.82 Å². The lowest BCUT2D eigenvalue weighted by Gasteiger charge is -2.16. The average Bonchev–Trinajstić information content (AvgIpc) is 2.32. The van der Waals surface area contributed by atoms with Crippen LogP contribution in [0.15, 0.2) is 21.5 Å². The molecule has 0 amide bonds. The summed E-state index contributed by atoms with van der Waals surface area (Å²) in [6.07, 6.45) is 0.756.